The number of benzene rings is 1. The molecule has 0 saturated carbocycles. The normalized spacial score (nSPS) is 25.8. The molecule has 1 heterocycles. The van der Waals surface area contributed by atoms with Crippen molar-refractivity contribution < 1.29 is 14.3 Å². The summed E-state index contributed by atoms with van der Waals surface area (Å²) in [7, 11) is 0. The van der Waals surface area contributed by atoms with Crippen LogP contribution in [0, 0.1) is 19.8 Å². The molecule has 1 aromatic rings. The number of anilines is 1. The van der Waals surface area contributed by atoms with Gasteiger partial charge in [-0.2, -0.15) is 0 Å². The number of carbonyl (C=O) groups is 2. The second-order valence-electron chi connectivity index (χ2n) is 7.70. The summed E-state index contributed by atoms with van der Waals surface area (Å²) in [4.78, 5) is 25.5. The third-order valence-electron chi connectivity index (χ3n) is 4.71. The number of piperazine rings is 1. The third kappa shape index (κ3) is 5.05. The molecule has 144 valence electrons. The van der Waals surface area contributed by atoms with Crippen molar-refractivity contribution >= 4 is 17.6 Å². The van der Waals surface area contributed by atoms with Crippen molar-refractivity contribution in [3.63, 3.8) is 0 Å². The number of carbonyl (C=O) groups excluding carboxylic acids is 2. The molecule has 6 heteroatoms. The van der Waals surface area contributed by atoms with Crippen LogP contribution in [0.5, 0.6) is 0 Å². The molecule has 4 atom stereocenters. The maximum Gasteiger partial charge on any atom is 0.325 e. The molecule has 1 fully saturated rings. The Morgan fingerprint density at radius 1 is 1.12 bits per heavy atom. The van der Waals surface area contributed by atoms with Gasteiger partial charge in [0.15, 0.2) is 0 Å². The highest BCUT2D eigenvalue weighted by Crippen LogP contribution is 2.18. The number of esters is 1. The zero-order valence-electron chi connectivity index (χ0n) is 16.6. The van der Waals surface area contributed by atoms with Crippen LogP contribution in [0.4, 0.5) is 5.69 Å². The van der Waals surface area contributed by atoms with Crippen LogP contribution in [0.15, 0.2) is 18.2 Å². The van der Waals surface area contributed by atoms with Crippen molar-refractivity contribution in [2.75, 3.05) is 11.9 Å². The van der Waals surface area contributed by atoms with Gasteiger partial charge in [-0.25, -0.2) is 0 Å². The van der Waals surface area contributed by atoms with Gasteiger partial charge < -0.3 is 10.1 Å². The molecule has 0 spiro atoms. The van der Waals surface area contributed by atoms with E-state index in [1.54, 1.807) is 0 Å². The van der Waals surface area contributed by atoms with Gasteiger partial charge in [0.25, 0.3) is 0 Å². The van der Waals surface area contributed by atoms with Crippen LogP contribution in [0.1, 0.15) is 38.8 Å². The molecule has 0 bridgehead atoms. The lowest BCUT2D eigenvalue weighted by atomic mass is 9.97. The van der Waals surface area contributed by atoms with Gasteiger partial charge in [-0.1, -0.05) is 26.0 Å². The number of amides is 1. The minimum atomic E-state index is -0.718. The van der Waals surface area contributed by atoms with Gasteiger partial charge in [0.1, 0.15) is 12.1 Å². The zero-order valence-corrected chi connectivity index (χ0v) is 16.6. The Morgan fingerprint density at radius 3 is 2.35 bits per heavy atom. The first kappa shape index (κ1) is 20.4. The SMILES string of the molecule is Cc1ccc(C)c(NC(=O)C2NC(C)C(C)NC2C(=O)OCC(C)C)c1. The topological polar surface area (TPSA) is 79.5 Å². The standard InChI is InChI=1S/C20H31N3O3/c1-11(2)10-26-20(25)18-17(21-14(5)15(6)22-18)19(24)23-16-9-12(3)7-8-13(16)4/h7-9,11,14-15,17-18,21-22H,10H2,1-6H3,(H,23,24). The summed E-state index contributed by atoms with van der Waals surface area (Å²) in [5.74, 6) is -0.392. The molecule has 0 aliphatic carbocycles. The van der Waals surface area contributed by atoms with Crippen LogP contribution in [0.2, 0.25) is 0 Å². The molecule has 0 radical (unpaired) electrons. The van der Waals surface area contributed by atoms with Gasteiger partial charge in [0.2, 0.25) is 5.91 Å². The maximum absolute atomic E-state index is 12.9. The van der Waals surface area contributed by atoms with E-state index < -0.39 is 18.1 Å². The van der Waals surface area contributed by atoms with Crippen LogP contribution < -0.4 is 16.0 Å². The fourth-order valence-electron chi connectivity index (χ4n) is 2.90. The molecule has 2 rings (SSSR count). The highest BCUT2D eigenvalue weighted by molar-refractivity contribution is 5.99. The van der Waals surface area contributed by atoms with Crippen molar-refractivity contribution in [3.8, 4) is 0 Å². The molecular formula is C20H31N3O3. The monoisotopic (exact) mass is 361 g/mol. The van der Waals surface area contributed by atoms with Gasteiger partial charge in [-0.15, -0.1) is 0 Å². The minimum absolute atomic E-state index is 0.0522. The molecule has 0 aromatic heterocycles. The van der Waals surface area contributed by atoms with Gasteiger partial charge >= 0.3 is 5.97 Å². The second-order valence-corrected chi connectivity index (χ2v) is 7.70. The largest absolute Gasteiger partial charge is 0.464 e. The molecule has 1 aliphatic heterocycles. The predicted octanol–water partition coefficient (Wildman–Crippen LogP) is 2.15. The van der Waals surface area contributed by atoms with Crippen LogP contribution in [0.3, 0.4) is 0 Å². The fourth-order valence-corrected chi connectivity index (χ4v) is 2.90. The van der Waals surface area contributed by atoms with Crippen LogP contribution >= 0.6 is 0 Å². The van der Waals surface area contributed by atoms with E-state index in [1.807, 2.05) is 59.7 Å². The number of hydrogen-bond donors (Lipinski definition) is 3. The Bertz CT molecular complexity index is 660. The molecule has 26 heavy (non-hydrogen) atoms. The first-order valence-electron chi connectivity index (χ1n) is 9.26. The van der Waals surface area contributed by atoms with Crippen molar-refractivity contribution in [2.24, 2.45) is 5.92 Å². The summed E-state index contributed by atoms with van der Waals surface area (Å²) in [5.41, 5.74) is 2.81. The van der Waals surface area contributed by atoms with E-state index >= 15 is 0 Å². The van der Waals surface area contributed by atoms with E-state index in [0.717, 1.165) is 16.8 Å². The van der Waals surface area contributed by atoms with Crippen LogP contribution in [0.25, 0.3) is 0 Å². The first-order valence-corrected chi connectivity index (χ1v) is 9.26. The Balaban J connectivity index is 2.16. The quantitative estimate of drug-likeness (QED) is 0.701. The fraction of sp³-hybridized carbons (Fsp3) is 0.600. The third-order valence-corrected chi connectivity index (χ3v) is 4.71. The molecule has 1 amide bonds. The summed E-state index contributed by atoms with van der Waals surface area (Å²) in [6.45, 7) is 12.2. The molecule has 4 unspecified atom stereocenters. The van der Waals surface area contributed by atoms with E-state index in [9.17, 15) is 9.59 Å². The van der Waals surface area contributed by atoms with Crippen molar-refractivity contribution in [1.82, 2.24) is 10.6 Å². The average molecular weight is 361 g/mol. The summed E-state index contributed by atoms with van der Waals surface area (Å²) < 4.78 is 5.38. The molecular weight excluding hydrogens is 330 g/mol. The predicted molar refractivity (Wildman–Crippen MR) is 103 cm³/mol. The van der Waals surface area contributed by atoms with Crippen LogP contribution in [-0.4, -0.2) is 42.7 Å². The lowest BCUT2D eigenvalue weighted by Gasteiger charge is -2.39. The lowest BCUT2D eigenvalue weighted by molar-refractivity contribution is -0.150. The lowest BCUT2D eigenvalue weighted by Crippen LogP contribution is -2.69. The Labute approximate surface area is 156 Å². The summed E-state index contributed by atoms with van der Waals surface area (Å²) >= 11 is 0. The molecule has 6 nitrogen and oxygen atoms in total. The van der Waals surface area contributed by atoms with E-state index in [2.05, 4.69) is 16.0 Å². The van der Waals surface area contributed by atoms with Crippen molar-refractivity contribution in [2.45, 2.75) is 65.7 Å². The van der Waals surface area contributed by atoms with Crippen molar-refractivity contribution in [1.29, 1.82) is 0 Å². The van der Waals surface area contributed by atoms with Gasteiger partial charge in [0.05, 0.1) is 6.61 Å². The van der Waals surface area contributed by atoms with Gasteiger partial charge in [-0.3, -0.25) is 20.2 Å². The number of rotatable bonds is 5. The molecule has 1 saturated heterocycles. The van der Waals surface area contributed by atoms with Gasteiger partial charge in [0, 0.05) is 17.8 Å². The Kier molecular flexibility index (Phi) is 6.78. The zero-order chi connectivity index (χ0) is 19.4. The number of hydrogen-bond acceptors (Lipinski definition) is 5. The van der Waals surface area contributed by atoms with E-state index in [1.165, 1.54) is 0 Å². The van der Waals surface area contributed by atoms with E-state index in [0.29, 0.717) is 6.61 Å². The summed E-state index contributed by atoms with van der Waals surface area (Å²) in [6, 6.07) is 4.60. The van der Waals surface area contributed by atoms with E-state index in [4.69, 9.17) is 4.74 Å². The van der Waals surface area contributed by atoms with Gasteiger partial charge in [-0.05, 0) is 50.8 Å². The molecule has 1 aromatic carbocycles. The second kappa shape index (κ2) is 8.64. The average Bonchev–Trinajstić information content (AvgIpc) is 2.57. The first-order chi connectivity index (χ1) is 12.2. The van der Waals surface area contributed by atoms with E-state index in [-0.39, 0.29) is 23.9 Å². The molecule has 3 N–H and O–H groups in total. The van der Waals surface area contributed by atoms with Crippen molar-refractivity contribution in [3.05, 3.63) is 29.3 Å². The highest BCUT2D eigenvalue weighted by atomic mass is 16.5. The summed E-state index contributed by atoms with van der Waals surface area (Å²) in [5, 5.41) is 9.45. The number of aryl methyl sites for hydroxylation is 2. The Morgan fingerprint density at radius 2 is 1.73 bits per heavy atom. The van der Waals surface area contributed by atoms with Crippen LogP contribution in [-0.2, 0) is 14.3 Å². The summed E-state index contributed by atoms with van der Waals surface area (Å²) in [6.07, 6.45) is 0. The maximum atomic E-state index is 12.9. The minimum Gasteiger partial charge on any atom is -0.464 e. The number of ether oxygens (including phenoxy) is 1. The highest BCUT2D eigenvalue weighted by Gasteiger charge is 2.41. The number of nitrogens with one attached hydrogen (secondary N) is 3. The Hall–Kier alpha value is -1.92. The smallest absolute Gasteiger partial charge is 0.325 e. The molecule has 1 aliphatic rings.